The van der Waals surface area contributed by atoms with Gasteiger partial charge in [0.25, 0.3) is 0 Å². The molecular formula is C15H23N3O2S. The van der Waals surface area contributed by atoms with Crippen molar-refractivity contribution < 1.29 is 8.42 Å². The van der Waals surface area contributed by atoms with Crippen LogP contribution < -0.4 is 15.8 Å². The molecule has 0 spiro atoms. The zero-order valence-corrected chi connectivity index (χ0v) is 13.0. The molecule has 0 aromatic heterocycles. The molecule has 0 aliphatic heterocycles. The molecular weight excluding hydrogens is 286 g/mol. The van der Waals surface area contributed by atoms with Crippen molar-refractivity contribution in [1.29, 1.82) is 0 Å². The lowest BCUT2D eigenvalue weighted by atomic mass is 9.97. The normalized spacial score (nSPS) is 21.4. The van der Waals surface area contributed by atoms with Crippen molar-refractivity contribution >= 4 is 15.7 Å². The lowest BCUT2D eigenvalue weighted by Gasteiger charge is -2.31. The molecule has 6 heteroatoms. The minimum absolute atomic E-state index is 0.109. The molecule has 2 saturated carbocycles. The van der Waals surface area contributed by atoms with Crippen LogP contribution >= 0.6 is 0 Å². The number of hydrogen-bond donors (Lipinski definition) is 3. The number of nitrogens with one attached hydrogen (secondary N) is 2. The van der Waals surface area contributed by atoms with Gasteiger partial charge in [-0.2, -0.15) is 0 Å². The molecule has 2 aliphatic rings. The van der Waals surface area contributed by atoms with Gasteiger partial charge in [-0.3, -0.25) is 0 Å². The highest BCUT2D eigenvalue weighted by Gasteiger charge is 2.34. The van der Waals surface area contributed by atoms with E-state index in [1.165, 1.54) is 0 Å². The molecule has 0 unspecified atom stereocenters. The second-order valence-corrected chi connectivity index (χ2v) is 7.89. The van der Waals surface area contributed by atoms with E-state index in [0.29, 0.717) is 17.1 Å². The Morgan fingerprint density at radius 2 is 1.86 bits per heavy atom. The van der Waals surface area contributed by atoms with Gasteiger partial charge >= 0.3 is 0 Å². The van der Waals surface area contributed by atoms with Gasteiger partial charge in [0.05, 0.1) is 5.69 Å². The minimum Gasteiger partial charge on any atom is -0.377 e. The molecule has 0 atom stereocenters. The predicted molar refractivity (Wildman–Crippen MR) is 83.7 cm³/mol. The van der Waals surface area contributed by atoms with E-state index in [4.69, 9.17) is 5.73 Å². The zero-order valence-electron chi connectivity index (χ0n) is 12.1. The molecule has 2 fully saturated rings. The highest BCUT2D eigenvalue weighted by molar-refractivity contribution is 7.89. The zero-order chi connectivity index (χ0) is 14.9. The Hall–Kier alpha value is -1.11. The maximum Gasteiger partial charge on any atom is 0.242 e. The third kappa shape index (κ3) is 3.22. The van der Waals surface area contributed by atoms with Crippen molar-refractivity contribution in [2.45, 2.75) is 55.0 Å². The summed E-state index contributed by atoms with van der Waals surface area (Å²) >= 11 is 0. The van der Waals surface area contributed by atoms with Crippen LogP contribution in [0.5, 0.6) is 0 Å². The van der Waals surface area contributed by atoms with Crippen LogP contribution in [0.3, 0.4) is 0 Å². The van der Waals surface area contributed by atoms with Crippen LogP contribution in [0.2, 0.25) is 0 Å². The number of rotatable bonds is 6. The van der Waals surface area contributed by atoms with Crippen molar-refractivity contribution in [1.82, 2.24) is 4.72 Å². The molecule has 4 N–H and O–H groups in total. The fourth-order valence-corrected chi connectivity index (χ4v) is 4.47. The summed E-state index contributed by atoms with van der Waals surface area (Å²) in [5.41, 5.74) is 6.44. The molecule has 21 heavy (non-hydrogen) atoms. The maximum absolute atomic E-state index is 12.5. The van der Waals surface area contributed by atoms with E-state index in [9.17, 15) is 8.42 Å². The van der Waals surface area contributed by atoms with Gasteiger partial charge < -0.3 is 11.1 Å². The van der Waals surface area contributed by atoms with Crippen LogP contribution in [-0.2, 0) is 10.0 Å². The lowest BCUT2D eigenvalue weighted by Crippen LogP contribution is -2.43. The largest absolute Gasteiger partial charge is 0.377 e. The smallest absolute Gasteiger partial charge is 0.242 e. The molecule has 0 amide bonds. The van der Waals surface area contributed by atoms with Gasteiger partial charge in [0.1, 0.15) is 4.90 Å². The fraction of sp³-hybridized carbons (Fsp3) is 0.600. The Morgan fingerprint density at radius 3 is 2.48 bits per heavy atom. The second-order valence-electron chi connectivity index (χ2n) is 6.21. The number of benzene rings is 1. The summed E-state index contributed by atoms with van der Waals surface area (Å²) in [6, 6.07) is 7.22. The van der Waals surface area contributed by atoms with Gasteiger partial charge in [-0.05, 0) is 37.8 Å². The number of nitrogens with two attached hydrogens (primary N) is 1. The summed E-state index contributed by atoms with van der Waals surface area (Å²) in [4.78, 5) is 0.330. The maximum atomic E-state index is 12.5. The first-order valence-electron chi connectivity index (χ1n) is 7.64. The monoisotopic (exact) mass is 309 g/mol. The van der Waals surface area contributed by atoms with Crippen LogP contribution in [0.15, 0.2) is 29.2 Å². The number of para-hydroxylation sites is 1. The molecule has 0 heterocycles. The van der Waals surface area contributed by atoms with E-state index in [-0.39, 0.29) is 11.6 Å². The van der Waals surface area contributed by atoms with Gasteiger partial charge in [-0.15, -0.1) is 0 Å². The Kier molecular flexibility index (Phi) is 3.94. The Labute approximate surface area is 126 Å². The molecule has 0 saturated heterocycles. The van der Waals surface area contributed by atoms with E-state index >= 15 is 0 Å². The third-order valence-corrected chi connectivity index (χ3v) is 6.01. The van der Waals surface area contributed by atoms with Gasteiger partial charge in [0.15, 0.2) is 0 Å². The van der Waals surface area contributed by atoms with Gasteiger partial charge in [0.2, 0.25) is 10.0 Å². The molecule has 5 nitrogen and oxygen atoms in total. The standard InChI is InChI=1S/C15H23N3O2S/c16-11-15(9-3-4-10-15)17-13-5-1-2-6-14(13)21(19,20)18-12-7-8-12/h1-2,5-6,12,17-18H,3-4,7-11,16H2. The van der Waals surface area contributed by atoms with Gasteiger partial charge in [-0.1, -0.05) is 25.0 Å². The van der Waals surface area contributed by atoms with Gasteiger partial charge in [0, 0.05) is 18.1 Å². The highest BCUT2D eigenvalue weighted by Crippen LogP contribution is 2.34. The van der Waals surface area contributed by atoms with Crippen molar-refractivity contribution in [3.63, 3.8) is 0 Å². The highest BCUT2D eigenvalue weighted by atomic mass is 32.2. The average Bonchev–Trinajstić information content (AvgIpc) is 3.14. The summed E-state index contributed by atoms with van der Waals surface area (Å²) in [7, 11) is -3.46. The first kappa shape index (κ1) is 14.8. The lowest BCUT2D eigenvalue weighted by molar-refractivity contribution is 0.491. The van der Waals surface area contributed by atoms with Crippen molar-refractivity contribution in [3.8, 4) is 0 Å². The predicted octanol–water partition coefficient (Wildman–Crippen LogP) is 1.81. The summed E-state index contributed by atoms with van der Waals surface area (Å²) in [6.45, 7) is 0.525. The molecule has 116 valence electrons. The van der Waals surface area contributed by atoms with Crippen LogP contribution in [-0.4, -0.2) is 26.5 Å². The van der Waals surface area contributed by atoms with Crippen LogP contribution in [0.4, 0.5) is 5.69 Å². The topological polar surface area (TPSA) is 84.2 Å². The van der Waals surface area contributed by atoms with E-state index in [1.54, 1.807) is 12.1 Å². The third-order valence-electron chi connectivity index (χ3n) is 4.43. The summed E-state index contributed by atoms with van der Waals surface area (Å²) in [6.07, 6.45) is 6.13. The number of hydrogen-bond acceptors (Lipinski definition) is 4. The van der Waals surface area contributed by atoms with Crippen LogP contribution in [0.25, 0.3) is 0 Å². The minimum atomic E-state index is -3.46. The Balaban J connectivity index is 1.88. The van der Waals surface area contributed by atoms with Crippen LogP contribution in [0.1, 0.15) is 38.5 Å². The molecule has 1 aromatic rings. The number of sulfonamides is 1. The Bertz CT molecular complexity index is 605. The summed E-state index contributed by atoms with van der Waals surface area (Å²) < 4.78 is 27.7. The molecule has 0 radical (unpaired) electrons. The quantitative estimate of drug-likeness (QED) is 0.748. The molecule has 1 aromatic carbocycles. The van der Waals surface area contributed by atoms with E-state index < -0.39 is 10.0 Å². The van der Waals surface area contributed by atoms with E-state index in [1.807, 2.05) is 12.1 Å². The summed E-state index contributed by atoms with van der Waals surface area (Å²) in [5, 5.41) is 3.43. The first-order chi connectivity index (χ1) is 10.0. The van der Waals surface area contributed by atoms with Crippen molar-refractivity contribution in [2.75, 3.05) is 11.9 Å². The number of anilines is 1. The van der Waals surface area contributed by atoms with Crippen molar-refractivity contribution in [3.05, 3.63) is 24.3 Å². The molecule has 0 bridgehead atoms. The first-order valence-corrected chi connectivity index (χ1v) is 9.13. The van der Waals surface area contributed by atoms with Crippen LogP contribution in [0, 0.1) is 0 Å². The molecule has 2 aliphatic carbocycles. The average molecular weight is 309 g/mol. The summed E-state index contributed by atoms with van der Waals surface area (Å²) in [5.74, 6) is 0. The van der Waals surface area contributed by atoms with Crippen molar-refractivity contribution in [2.24, 2.45) is 5.73 Å². The van der Waals surface area contributed by atoms with Gasteiger partial charge in [-0.25, -0.2) is 13.1 Å². The fourth-order valence-electron chi connectivity index (χ4n) is 3.01. The second kappa shape index (κ2) is 5.59. The SMILES string of the molecule is NCC1(Nc2ccccc2S(=O)(=O)NC2CC2)CCCC1. The van der Waals surface area contributed by atoms with E-state index in [0.717, 1.165) is 38.5 Å². The van der Waals surface area contributed by atoms with E-state index in [2.05, 4.69) is 10.0 Å². The Morgan fingerprint density at radius 1 is 1.19 bits per heavy atom. The molecule has 3 rings (SSSR count).